The smallest absolute Gasteiger partial charge is 0.371 e. The molecule has 1 aliphatic heterocycles. The zero-order valence-electron chi connectivity index (χ0n) is 13.1. The molecule has 0 N–H and O–H groups in total. The van der Waals surface area contributed by atoms with E-state index in [1.165, 1.54) is 23.1 Å². The van der Waals surface area contributed by atoms with Gasteiger partial charge in [0.25, 0.3) is 0 Å². The third-order valence-corrected chi connectivity index (χ3v) is 4.02. The fourth-order valence-corrected chi connectivity index (χ4v) is 2.69. The number of rotatable bonds is 4. The van der Waals surface area contributed by atoms with E-state index in [0.717, 1.165) is 12.1 Å². The zero-order chi connectivity index (χ0) is 18.7. The van der Waals surface area contributed by atoms with E-state index in [2.05, 4.69) is 0 Å². The molecule has 0 aromatic heterocycles. The molecule has 0 spiro atoms. The molecule has 2 atom stereocenters. The van der Waals surface area contributed by atoms with E-state index in [1.54, 1.807) is 0 Å². The molecule has 0 saturated carbocycles. The van der Waals surface area contributed by atoms with Crippen LogP contribution in [0.3, 0.4) is 0 Å². The van der Waals surface area contributed by atoms with E-state index >= 15 is 0 Å². The van der Waals surface area contributed by atoms with Crippen molar-refractivity contribution in [1.29, 1.82) is 5.26 Å². The van der Waals surface area contributed by atoms with E-state index < -0.39 is 36.4 Å². The molecule has 1 aliphatic rings. The summed E-state index contributed by atoms with van der Waals surface area (Å²) < 4.78 is 82.6. The standard InChI is InChI=1S/C16H16F6N2O/c17-15(18,19)12-3-1-2-11(8-12)14-10-24(6-7-25-14)9-13(4-5-23)16(20,21)22/h1-3,8,13-14H,4,6-7,9-10H2. The number of alkyl halides is 6. The molecule has 0 bridgehead atoms. The summed E-state index contributed by atoms with van der Waals surface area (Å²) in [6.45, 7) is 0.000708. The fourth-order valence-electron chi connectivity index (χ4n) is 2.69. The molecule has 1 aromatic carbocycles. The SMILES string of the molecule is N#CCC(CN1CCOC(c2cccc(C(F)(F)F)c2)C1)C(F)(F)F. The lowest BCUT2D eigenvalue weighted by molar-refractivity contribution is -0.181. The van der Waals surface area contributed by atoms with Gasteiger partial charge >= 0.3 is 12.4 Å². The third-order valence-electron chi connectivity index (χ3n) is 4.02. The van der Waals surface area contributed by atoms with E-state index in [9.17, 15) is 26.3 Å². The van der Waals surface area contributed by atoms with Gasteiger partial charge in [0.1, 0.15) is 0 Å². The number of morpholine rings is 1. The highest BCUT2D eigenvalue weighted by Gasteiger charge is 2.41. The number of halogens is 6. The van der Waals surface area contributed by atoms with Gasteiger partial charge in [-0.25, -0.2) is 0 Å². The minimum atomic E-state index is -4.50. The van der Waals surface area contributed by atoms with Crippen LogP contribution in [0.1, 0.15) is 23.7 Å². The molecule has 25 heavy (non-hydrogen) atoms. The van der Waals surface area contributed by atoms with Crippen LogP contribution >= 0.6 is 0 Å². The van der Waals surface area contributed by atoms with Crippen molar-refractivity contribution < 1.29 is 31.1 Å². The van der Waals surface area contributed by atoms with Crippen LogP contribution in [-0.2, 0) is 10.9 Å². The molecular weight excluding hydrogens is 350 g/mol. The Kier molecular flexibility index (Phi) is 5.95. The Hall–Kier alpha value is -1.79. The monoisotopic (exact) mass is 366 g/mol. The molecule has 0 amide bonds. The van der Waals surface area contributed by atoms with Crippen molar-refractivity contribution in [2.75, 3.05) is 26.2 Å². The molecule has 1 aromatic rings. The van der Waals surface area contributed by atoms with Gasteiger partial charge in [-0.2, -0.15) is 31.6 Å². The summed E-state index contributed by atoms with van der Waals surface area (Å²) in [4.78, 5) is 1.48. The van der Waals surface area contributed by atoms with Crippen molar-refractivity contribution in [3.8, 4) is 6.07 Å². The van der Waals surface area contributed by atoms with Crippen molar-refractivity contribution >= 4 is 0 Å². The number of hydrogen-bond donors (Lipinski definition) is 0. The van der Waals surface area contributed by atoms with Gasteiger partial charge in [-0.1, -0.05) is 12.1 Å². The highest BCUT2D eigenvalue weighted by molar-refractivity contribution is 5.27. The maximum absolute atomic E-state index is 12.9. The molecule has 1 fully saturated rings. The molecule has 1 heterocycles. The summed E-state index contributed by atoms with van der Waals surface area (Å²) in [5, 5.41) is 8.57. The van der Waals surface area contributed by atoms with Crippen molar-refractivity contribution in [1.82, 2.24) is 4.90 Å². The van der Waals surface area contributed by atoms with Crippen LogP contribution in [0.4, 0.5) is 26.3 Å². The highest BCUT2D eigenvalue weighted by atomic mass is 19.4. The van der Waals surface area contributed by atoms with E-state index in [4.69, 9.17) is 10.00 Å². The number of hydrogen-bond acceptors (Lipinski definition) is 3. The normalized spacial score (nSPS) is 20.9. The summed E-state index contributed by atoms with van der Waals surface area (Å²) in [5.41, 5.74) is -0.563. The Morgan fingerprint density at radius 3 is 2.56 bits per heavy atom. The minimum absolute atomic E-state index is 0.0410. The number of benzene rings is 1. The third kappa shape index (κ3) is 5.34. The predicted molar refractivity (Wildman–Crippen MR) is 76.4 cm³/mol. The average molecular weight is 366 g/mol. The van der Waals surface area contributed by atoms with Gasteiger partial charge in [0.15, 0.2) is 0 Å². The highest BCUT2D eigenvalue weighted by Crippen LogP contribution is 2.33. The van der Waals surface area contributed by atoms with Gasteiger partial charge in [0.05, 0.1) is 30.3 Å². The maximum Gasteiger partial charge on any atom is 0.416 e. The molecule has 138 valence electrons. The van der Waals surface area contributed by atoms with Crippen molar-refractivity contribution in [2.45, 2.75) is 24.9 Å². The summed E-state index contributed by atoms with van der Waals surface area (Å²) in [6, 6.07) is 6.11. The Labute approximate surface area is 140 Å². The van der Waals surface area contributed by atoms with Crippen LogP contribution in [0.5, 0.6) is 0 Å². The van der Waals surface area contributed by atoms with Crippen LogP contribution in [0.2, 0.25) is 0 Å². The van der Waals surface area contributed by atoms with Gasteiger partial charge in [-0.3, -0.25) is 4.90 Å². The van der Waals surface area contributed by atoms with Crippen LogP contribution in [0.25, 0.3) is 0 Å². The molecular formula is C16H16F6N2O. The summed E-state index contributed by atoms with van der Waals surface area (Å²) in [5.74, 6) is -1.79. The first kappa shape index (κ1) is 19.5. The van der Waals surface area contributed by atoms with Crippen molar-refractivity contribution in [3.05, 3.63) is 35.4 Å². The van der Waals surface area contributed by atoms with Gasteiger partial charge in [0.2, 0.25) is 0 Å². The first-order chi connectivity index (χ1) is 11.6. The Bertz CT molecular complexity index is 622. The van der Waals surface area contributed by atoms with Crippen molar-refractivity contribution in [3.63, 3.8) is 0 Å². The second kappa shape index (κ2) is 7.62. The van der Waals surface area contributed by atoms with Crippen LogP contribution < -0.4 is 0 Å². The van der Waals surface area contributed by atoms with E-state index in [-0.39, 0.29) is 31.8 Å². The molecule has 0 radical (unpaired) electrons. The first-order valence-electron chi connectivity index (χ1n) is 7.56. The second-order valence-corrected chi connectivity index (χ2v) is 5.84. The van der Waals surface area contributed by atoms with Gasteiger partial charge < -0.3 is 4.74 Å². The van der Waals surface area contributed by atoms with Crippen LogP contribution in [0, 0.1) is 17.2 Å². The fraction of sp³-hybridized carbons (Fsp3) is 0.562. The zero-order valence-corrected chi connectivity index (χ0v) is 13.1. The largest absolute Gasteiger partial charge is 0.416 e. The summed E-state index contributed by atoms with van der Waals surface area (Å²) in [6.07, 6.45) is -10.4. The second-order valence-electron chi connectivity index (χ2n) is 5.84. The van der Waals surface area contributed by atoms with E-state index in [1.807, 2.05) is 0 Å². The molecule has 2 unspecified atom stereocenters. The first-order valence-corrected chi connectivity index (χ1v) is 7.56. The average Bonchev–Trinajstić information content (AvgIpc) is 2.53. The lowest BCUT2D eigenvalue weighted by atomic mass is 10.0. The van der Waals surface area contributed by atoms with Gasteiger partial charge in [-0.15, -0.1) is 0 Å². The lowest BCUT2D eigenvalue weighted by Gasteiger charge is -2.35. The molecule has 0 aliphatic carbocycles. The Morgan fingerprint density at radius 1 is 1.24 bits per heavy atom. The van der Waals surface area contributed by atoms with E-state index in [0.29, 0.717) is 0 Å². The number of nitrogens with zero attached hydrogens (tertiary/aromatic N) is 2. The molecule has 9 heteroatoms. The van der Waals surface area contributed by atoms with Gasteiger partial charge in [0, 0.05) is 26.1 Å². The Morgan fingerprint density at radius 2 is 1.96 bits per heavy atom. The topological polar surface area (TPSA) is 36.3 Å². The molecule has 3 nitrogen and oxygen atoms in total. The maximum atomic E-state index is 12.9. The molecule has 1 saturated heterocycles. The summed E-state index contributed by atoms with van der Waals surface area (Å²) >= 11 is 0. The molecule has 2 rings (SSSR count). The lowest BCUT2D eigenvalue weighted by Crippen LogP contribution is -2.43. The summed E-state index contributed by atoms with van der Waals surface area (Å²) in [7, 11) is 0. The Balaban J connectivity index is 2.09. The number of nitriles is 1. The van der Waals surface area contributed by atoms with Gasteiger partial charge in [-0.05, 0) is 17.7 Å². The number of ether oxygens (including phenoxy) is 1. The predicted octanol–water partition coefficient (Wildman–Crippen LogP) is 4.17. The quantitative estimate of drug-likeness (QED) is 0.751. The van der Waals surface area contributed by atoms with Crippen molar-refractivity contribution in [2.24, 2.45) is 5.92 Å². The van der Waals surface area contributed by atoms with Crippen LogP contribution in [-0.4, -0.2) is 37.3 Å². The van der Waals surface area contributed by atoms with Crippen LogP contribution in [0.15, 0.2) is 24.3 Å². The minimum Gasteiger partial charge on any atom is -0.371 e.